The van der Waals surface area contributed by atoms with Crippen molar-refractivity contribution >= 4 is 16.8 Å². The first-order valence-corrected chi connectivity index (χ1v) is 8.96. The number of hydrogen-bond donors (Lipinski definition) is 0. The molecule has 0 spiro atoms. The minimum Gasteiger partial charge on any atom is -0.493 e. The molecule has 0 saturated heterocycles. The van der Waals surface area contributed by atoms with Crippen LogP contribution in [0.4, 0.5) is 13.2 Å². The van der Waals surface area contributed by atoms with Gasteiger partial charge in [0.05, 0.1) is 19.3 Å². The largest absolute Gasteiger partial charge is 0.573 e. The second-order valence-electron chi connectivity index (χ2n) is 7.02. The smallest absolute Gasteiger partial charge is 0.493 e. The summed E-state index contributed by atoms with van der Waals surface area (Å²) in [5, 5.41) is 4.91. The second-order valence-corrected chi connectivity index (χ2v) is 7.02. The molecule has 3 aromatic rings. The molecule has 0 atom stereocenters. The van der Waals surface area contributed by atoms with E-state index in [2.05, 4.69) is 14.8 Å². The third kappa shape index (κ3) is 5.24. The number of carbonyl (C=O) groups is 1. The van der Waals surface area contributed by atoms with Gasteiger partial charge in [0, 0.05) is 22.7 Å². The number of rotatable bonds is 7. The van der Waals surface area contributed by atoms with Gasteiger partial charge >= 0.3 is 6.36 Å². The van der Waals surface area contributed by atoms with Crippen LogP contribution in [0.25, 0.3) is 11.0 Å². The predicted octanol–water partition coefficient (Wildman–Crippen LogP) is 4.62. The van der Waals surface area contributed by atoms with Gasteiger partial charge in [-0.15, -0.1) is 13.2 Å². The number of fused-ring (bicyclic) bond motifs is 1. The number of ketones is 1. The summed E-state index contributed by atoms with van der Waals surface area (Å²) < 4.78 is 49.1. The number of ether oxygens (including phenoxy) is 2. The molecule has 0 aliphatic rings. The summed E-state index contributed by atoms with van der Waals surface area (Å²) in [6, 6.07) is 5.62. The molecule has 9 heteroatoms. The molecule has 0 N–H and O–H groups in total. The summed E-state index contributed by atoms with van der Waals surface area (Å²) in [6.45, 7) is 5.92. The van der Waals surface area contributed by atoms with Gasteiger partial charge in [0.1, 0.15) is 11.5 Å². The van der Waals surface area contributed by atoms with Crippen LogP contribution in [0.1, 0.15) is 36.7 Å². The maximum Gasteiger partial charge on any atom is 0.573 e. The van der Waals surface area contributed by atoms with E-state index in [1.165, 1.54) is 36.0 Å². The van der Waals surface area contributed by atoms with E-state index in [9.17, 15) is 18.0 Å². The number of benzene rings is 1. The predicted molar refractivity (Wildman–Crippen MR) is 100 cm³/mol. The van der Waals surface area contributed by atoms with Gasteiger partial charge in [0.25, 0.3) is 0 Å². The van der Waals surface area contributed by atoms with Crippen LogP contribution in [0.15, 0.2) is 36.7 Å². The Hall–Kier alpha value is -3.10. The second kappa shape index (κ2) is 8.10. The van der Waals surface area contributed by atoms with Crippen molar-refractivity contribution < 1.29 is 27.4 Å². The molecule has 2 aromatic heterocycles. The summed E-state index contributed by atoms with van der Waals surface area (Å²) >= 11 is 0. The molecular weight excluding hydrogens is 387 g/mol. The number of aromatic nitrogens is 3. The molecule has 0 bridgehead atoms. The van der Waals surface area contributed by atoms with E-state index in [1.807, 2.05) is 13.8 Å². The number of pyridine rings is 1. The van der Waals surface area contributed by atoms with Crippen molar-refractivity contribution in [3.05, 3.63) is 47.8 Å². The van der Waals surface area contributed by atoms with E-state index >= 15 is 0 Å². The maximum absolute atomic E-state index is 12.6. The lowest BCUT2D eigenvalue weighted by Crippen LogP contribution is -2.17. The summed E-state index contributed by atoms with van der Waals surface area (Å²) in [6.07, 6.45) is -1.79. The minimum atomic E-state index is -4.79. The zero-order valence-corrected chi connectivity index (χ0v) is 16.2. The Balaban J connectivity index is 1.95. The third-order valence-corrected chi connectivity index (χ3v) is 4.04. The zero-order valence-electron chi connectivity index (χ0n) is 16.2. The fraction of sp³-hybridized carbons (Fsp3) is 0.350. The van der Waals surface area contributed by atoms with Gasteiger partial charge in [-0.1, -0.05) is 13.8 Å². The lowest BCUT2D eigenvalue weighted by Gasteiger charge is -2.16. The number of carbonyl (C=O) groups excluding carboxylic acids is 1. The molecule has 154 valence electrons. The average molecular weight is 407 g/mol. The molecule has 0 saturated carbocycles. The van der Waals surface area contributed by atoms with Gasteiger partial charge in [0.2, 0.25) is 0 Å². The van der Waals surface area contributed by atoms with Gasteiger partial charge in [-0.2, -0.15) is 5.10 Å². The third-order valence-electron chi connectivity index (χ3n) is 4.04. The van der Waals surface area contributed by atoms with Crippen LogP contribution in [0.3, 0.4) is 0 Å². The monoisotopic (exact) mass is 407 g/mol. The Bertz CT molecular complexity index is 1030. The van der Waals surface area contributed by atoms with Crippen molar-refractivity contribution in [1.29, 1.82) is 0 Å². The summed E-state index contributed by atoms with van der Waals surface area (Å²) in [7, 11) is 0. The number of Topliss-reactive ketones (excluding diaryl/α,β-unsaturated/α-hetero) is 1. The van der Waals surface area contributed by atoms with Crippen LogP contribution >= 0.6 is 0 Å². The number of halogens is 3. The molecule has 29 heavy (non-hydrogen) atoms. The lowest BCUT2D eigenvalue weighted by molar-refractivity contribution is -0.274. The van der Waals surface area contributed by atoms with Gasteiger partial charge in [-0.25, -0.2) is 9.67 Å². The molecule has 1 aromatic carbocycles. The standard InChI is InChI=1S/C20H20F3N3O3/c1-12(2)11-28-18-5-4-17(29-20(21,22)23)7-16(18)10-26-19-15(9-25-26)6-14(8-24-19)13(3)27/h4-9,12H,10-11H2,1-3H3. The van der Waals surface area contributed by atoms with E-state index < -0.39 is 6.36 Å². The molecule has 0 radical (unpaired) electrons. The highest BCUT2D eigenvalue weighted by Gasteiger charge is 2.31. The molecule has 0 fully saturated rings. The van der Waals surface area contributed by atoms with Gasteiger partial charge in [-0.05, 0) is 37.1 Å². The highest BCUT2D eigenvalue weighted by molar-refractivity contribution is 5.96. The van der Waals surface area contributed by atoms with E-state index in [0.717, 1.165) is 0 Å². The Kier molecular flexibility index (Phi) is 5.76. The molecular formula is C20H20F3N3O3. The van der Waals surface area contributed by atoms with Crippen LogP contribution in [-0.4, -0.2) is 33.5 Å². The van der Waals surface area contributed by atoms with Crippen molar-refractivity contribution in [2.24, 2.45) is 5.92 Å². The fourth-order valence-electron chi connectivity index (χ4n) is 2.72. The van der Waals surface area contributed by atoms with E-state index in [0.29, 0.717) is 34.5 Å². The fourth-order valence-corrected chi connectivity index (χ4v) is 2.72. The van der Waals surface area contributed by atoms with Crippen molar-refractivity contribution in [2.75, 3.05) is 6.61 Å². The van der Waals surface area contributed by atoms with E-state index in [4.69, 9.17) is 4.74 Å². The van der Waals surface area contributed by atoms with Crippen LogP contribution in [0, 0.1) is 5.92 Å². The molecule has 0 unspecified atom stereocenters. The van der Waals surface area contributed by atoms with Crippen LogP contribution in [0.5, 0.6) is 11.5 Å². The molecule has 0 aliphatic heterocycles. The number of alkyl halides is 3. The number of nitrogens with zero attached hydrogens (tertiary/aromatic N) is 3. The summed E-state index contributed by atoms with van der Waals surface area (Å²) in [4.78, 5) is 15.8. The Labute approximate surface area is 165 Å². The molecule has 6 nitrogen and oxygen atoms in total. The average Bonchev–Trinajstić information content (AvgIpc) is 3.01. The van der Waals surface area contributed by atoms with Gasteiger partial charge in [-0.3, -0.25) is 4.79 Å². The van der Waals surface area contributed by atoms with Crippen LogP contribution in [0.2, 0.25) is 0 Å². The van der Waals surface area contributed by atoms with Crippen molar-refractivity contribution in [3.63, 3.8) is 0 Å². The lowest BCUT2D eigenvalue weighted by atomic mass is 10.1. The normalized spacial score (nSPS) is 11.8. The first-order chi connectivity index (χ1) is 13.6. The Morgan fingerprint density at radius 1 is 1.21 bits per heavy atom. The minimum absolute atomic E-state index is 0.117. The van der Waals surface area contributed by atoms with Crippen molar-refractivity contribution in [2.45, 2.75) is 33.7 Å². The first-order valence-electron chi connectivity index (χ1n) is 8.96. The zero-order chi connectivity index (χ0) is 21.2. The quantitative estimate of drug-likeness (QED) is 0.535. The molecule has 0 aliphatic carbocycles. The highest BCUT2D eigenvalue weighted by atomic mass is 19.4. The van der Waals surface area contributed by atoms with E-state index in [1.54, 1.807) is 12.3 Å². The topological polar surface area (TPSA) is 66.2 Å². The van der Waals surface area contributed by atoms with Gasteiger partial charge < -0.3 is 9.47 Å². The first kappa shape index (κ1) is 20.6. The Morgan fingerprint density at radius 2 is 1.97 bits per heavy atom. The Morgan fingerprint density at radius 3 is 2.62 bits per heavy atom. The highest BCUT2D eigenvalue weighted by Crippen LogP contribution is 2.30. The SMILES string of the molecule is CC(=O)c1cnc2c(cnn2Cc2cc(OC(F)(F)F)ccc2OCC(C)C)c1. The van der Waals surface area contributed by atoms with E-state index in [-0.39, 0.29) is 24.0 Å². The van der Waals surface area contributed by atoms with Crippen molar-refractivity contribution in [3.8, 4) is 11.5 Å². The summed E-state index contributed by atoms with van der Waals surface area (Å²) in [5.41, 5.74) is 1.43. The maximum atomic E-state index is 12.6. The molecule has 2 heterocycles. The van der Waals surface area contributed by atoms with Crippen LogP contribution < -0.4 is 9.47 Å². The summed E-state index contributed by atoms with van der Waals surface area (Å²) in [5.74, 6) is 0.226. The van der Waals surface area contributed by atoms with Gasteiger partial charge in [0.15, 0.2) is 11.4 Å². The van der Waals surface area contributed by atoms with Crippen LogP contribution in [-0.2, 0) is 6.54 Å². The van der Waals surface area contributed by atoms with Crippen molar-refractivity contribution in [1.82, 2.24) is 14.8 Å². The molecule has 3 rings (SSSR count). The number of hydrogen-bond acceptors (Lipinski definition) is 5. The molecule has 0 amide bonds.